The molecular weight excluding hydrogens is 458 g/mol. The molecule has 0 spiro atoms. The van der Waals surface area contributed by atoms with Crippen LogP contribution in [0.5, 0.6) is 17.2 Å². The number of unbranched alkanes of at least 4 members (excludes halogenated alkanes) is 2. The summed E-state index contributed by atoms with van der Waals surface area (Å²) in [5, 5.41) is 1.08. The van der Waals surface area contributed by atoms with Gasteiger partial charge in [0.05, 0.1) is 33.9 Å². The van der Waals surface area contributed by atoms with Crippen LogP contribution in [0, 0.1) is 0 Å². The van der Waals surface area contributed by atoms with E-state index < -0.39 is 12.1 Å². The Morgan fingerprint density at radius 3 is 2.39 bits per heavy atom. The Morgan fingerprint density at radius 2 is 1.72 bits per heavy atom. The first-order valence-corrected chi connectivity index (χ1v) is 12.5. The maximum Gasteiger partial charge on any atom is 0.246 e. The fraction of sp³-hybridized carbons (Fsp3) is 0.429. The van der Waals surface area contributed by atoms with Crippen molar-refractivity contribution in [2.75, 3.05) is 34.4 Å². The van der Waals surface area contributed by atoms with Gasteiger partial charge in [0.2, 0.25) is 17.6 Å². The van der Waals surface area contributed by atoms with Gasteiger partial charge in [-0.3, -0.25) is 9.59 Å². The second-order valence-electron chi connectivity index (χ2n) is 9.41. The molecule has 0 aliphatic carbocycles. The molecular formula is C28H33N3O5. The number of nitrogens with one attached hydrogen (secondary N) is 1. The van der Waals surface area contributed by atoms with Crippen LogP contribution in [-0.4, -0.2) is 67.1 Å². The molecule has 1 aromatic heterocycles. The zero-order chi connectivity index (χ0) is 25.4. The minimum absolute atomic E-state index is 0.0130. The molecule has 2 atom stereocenters. The number of aromatic nitrogens is 1. The van der Waals surface area contributed by atoms with Gasteiger partial charge >= 0.3 is 0 Å². The number of H-pyrrole nitrogens is 1. The summed E-state index contributed by atoms with van der Waals surface area (Å²) < 4.78 is 16.8. The third kappa shape index (κ3) is 3.85. The van der Waals surface area contributed by atoms with E-state index in [0.717, 1.165) is 47.0 Å². The molecule has 2 amide bonds. The minimum Gasteiger partial charge on any atom is -0.493 e. The Kier molecular flexibility index (Phi) is 6.51. The summed E-state index contributed by atoms with van der Waals surface area (Å²) in [6.45, 7) is 2.83. The summed E-state index contributed by atoms with van der Waals surface area (Å²) in [4.78, 5) is 34.5. The van der Waals surface area contributed by atoms with Crippen molar-refractivity contribution >= 4 is 22.7 Å². The molecule has 2 aliphatic rings. The average molecular weight is 492 g/mol. The molecule has 0 bridgehead atoms. The Balaban J connectivity index is 1.67. The highest BCUT2D eigenvalue weighted by Gasteiger charge is 2.48. The minimum atomic E-state index is -0.566. The monoisotopic (exact) mass is 491 g/mol. The smallest absolute Gasteiger partial charge is 0.246 e. The van der Waals surface area contributed by atoms with Gasteiger partial charge in [0, 0.05) is 29.6 Å². The van der Waals surface area contributed by atoms with Crippen LogP contribution in [0.2, 0.25) is 0 Å². The largest absolute Gasteiger partial charge is 0.493 e. The van der Waals surface area contributed by atoms with Crippen molar-refractivity contribution < 1.29 is 23.8 Å². The third-order valence-electron chi connectivity index (χ3n) is 7.38. The van der Waals surface area contributed by atoms with E-state index in [9.17, 15) is 9.59 Å². The zero-order valence-electron chi connectivity index (χ0n) is 21.3. The highest BCUT2D eigenvalue weighted by atomic mass is 16.5. The Bertz CT molecular complexity index is 1270. The molecule has 3 heterocycles. The first kappa shape index (κ1) is 24.0. The maximum absolute atomic E-state index is 13.7. The Labute approximate surface area is 211 Å². The summed E-state index contributed by atoms with van der Waals surface area (Å²) in [5.41, 5.74) is 3.77. The van der Waals surface area contributed by atoms with Gasteiger partial charge in [0.25, 0.3) is 0 Å². The lowest BCUT2D eigenvalue weighted by Crippen LogP contribution is -2.63. The van der Waals surface area contributed by atoms with Crippen molar-refractivity contribution in [1.29, 1.82) is 0 Å². The van der Waals surface area contributed by atoms with Crippen LogP contribution in [0.4, 0.5) is 0 Å². The van der Waals surface area contributed by atoms with Crippen LogP contribution in [-0.2, 0) is 16.0 Å². The van der Waals surface area contributed by atoms with E-state index in [0.29, 0.717) is 30.2 Å². The number of carbonyl (C=O) groups is 2. The van der Waals surface area contributed by atoms with Crippen molar-refractivity contribution in [3.05, 3.63) is 53.2 Å². The topological polar surface area (TPSA) is 84.1 Å². The van der Waals surface area contributed by atoms with Crippen LogP contribution < -0.4 is 14.2 Å². The number of rotatable bonds is 8. The van der Waals surface area contributed by atoms with E-state index >= 15 is 0 Å². The molecule has 5 rings (SSSR count). The zero-order valence-corrected chi connectivity index (χ0v) is 21.3. The molecule has 36 heavy (non-hydrogen) atoms. The fourth-order valence-corrected chi connectivity index (χ4v) is 5.67. The number of para-hydroxylation sites is 1. The summed E-state index contributed by atoms with van der Waals surface area (Å²) in [6, 6.07) is 10.8. The van der Waals surface area contributed by atoms with Crippen LogP contribution in [0.3, 0.4) is 0 Å². The molecule has 0 saturated carbocycles. The van der Waals surface area contributed by atoms with Crippen LogP contribution in [0.25, 0.3) is 10.9 Å². The van der Waals surface area contributed by atoms with Gasteiger partial charge in [-0.25, -0.2) is 0 Å². The van der Waals surface area contributed by atoms with Gasteiger partial charge in [0.1, 0.15) is 6.04 Å². The van der Waals surface area contributed by atoms with E-state index in [4.69, 9.17) is 14.2 Å². The lowest BCUT2D eigenvalue weighted by atomic mass is 9.86. The molecule has 1 N–H and O–H groups in total. The molecule has 1 saturated heterocycles. The van der Waals surface area contributed by atoms with E-state index in [-0.39, 0.29) is 18.4 Å². The maximum atomic E-state index is 13.7. The van der Waals surface area contributed by atoms with E-state index in [1.54, 1.807) is 31.1 Å². The number of amides is 2. The third-order valence-corrected chi connectivity index (χ3v) is 7.38. The predicted octanol–water partition coefficient (Wildman–Crippen LogP) is 4.07. The number of piperazine rings is 1. The number of hydrogen-bond acceptors (Lipinski definition) is 5. The van der Waals surface area contributed by atoms with Crippen LogP contribution in [0.1, 0.15) is 49.0 Å². The van der Waals surface area contributed by atoms with Crippen molar-refractivity contribution in [2.24, 2.45) is 0 Å². The molecule has 8 heteroatoms. The second kappa shape index (κ2) is 9.76. The average Bonchev–Trinajstić information content (AvgIpc) is 3.27. The second-order valence-corrected chi connectivity index (χ2v) is 9.41. The SMILES string of the molecule is CCCCCN1CC(=O)N2[C@@H](c3cc(OC)c(OC)c(OC)c3)c3[nH]c4ccccc4c3C[C@H]2C1=O. The summed E-state index contributed by atoms with van der Waals surface area (Å²) in [5.74, 6) is 1.45. The summed E-state index contributed by atoms with van der Waals surface area (Å²) in [6.07, 6.45) is 3.48. The van der Waals surface area contributed by atoms with Gasteiger partial charge in [0.15, 0.2) is 11.5 Å². The van der Waals surface area contributed by atoms with Gasteiger partial charge in [-0.2, -0.15) is 0 Å². The van der Waals surface area contributed by atoms with E-state index in [2.05, 4.69) is 18.0 Å². The van der Waals surface area contributed by atoms with Crippen LogP contribution >= 0.6 is 0 Å². The molecule has 190 valence electrons. The number of fused-ring (bicyclic) bond motifs is 4. The Morgan fingerprint density at radius 1 is 1.00 bits per heavy atom. The number of hydrogen-bond donors (Lipinski definition) is 1. The number of aromatic amines is 1. The number of benzene rings is 2. The van der Waals surface area contributed by atoms with Gasteiger partial charge < -0.3 is 29.0 Å². The highest BCUT2D eigenvalue weighted by Crippen LogP contribution is 2.47. The number of ether oxygens (including phenoxy) is 3. The molecule has 1 fully saturated rings. The van der Waals surface area contributed by atoms with E-state index in [1.807, 2.05) is 30.3 Å². The van der Waals surface area contributed by atoms with Crippen molar-refractivity contribution in [3.8, 4) is 17.2 Å². The fourth-order valence-electron chi connectivity index (χ4n) is 5.67. The van der Waals surface area contributed by atoms with Crippen molar-refractivity contribution in [2.45, 2.75) is 44.7 Å². The quantitative estimate of drug-likeness (QED) is 0.481. The molecule has 3 aromatic rings. The molecule has 0 unspecified atom stereocenters. The van der Waals surface area contributed by atoms with Crippen molar-refractivity contribution in [1.82, 2.24) is 14.8 Å². The predicted molar refractivity (Wildman–Crippen MR) is 137 cm³/mol. The first-order valence-electron chi connectivity index (χ1n) is 12.5. The normalized spacial score (nSPS) is 19.3. The van der Waals surface area contributed by atoms with Crippen molar-refractivity contribution in [3.63, 3.8) is 0 Å². The van der Waals surface area contributed by atoms with Gasteiger partial charge in [-0.1, -0.05) is 38.0 Å². The standard InChI is InChI=1S/C28H33N3O5/c1-5-6-9-12-30-16-24(32)31-21(28(30)33)15-19-18-10-7-8-11-20(18)29-25(19)26(31)17-13-22(34-2)27(36-4)23(14-17)35-3/h7-8,10-11,13-14,21,26,29H,5-6,9,12,15-16H2,1-4H3/t21-,26-/m0/s1. The molecule has 2 aliphatic heterocycles. The number of methoxy groups -OCH3 is 3. The van der Waals surface area contributed by atoms with Crippen LogP contribution in [0.15, 0.2) is 36.4 Å². The molecule has 8 nitrogen and oxygen atoms in total. The first-order chi connectivity index (χ1) is 17.5. The van der Waals surface area contributed by atoms with Gasteiger partial charge in [-0.05, 0) is 35.7 Å². The summed E-state index contributed by atoms with van der Waals surface area (Å²) >= 11 is 0. The summed E-state index contributed by atoms with van der Waals surface area (Å²) in [7, 11) is 4.71. The lowest BCUT2D eigenvalue weighted by molar-refractivity contribution is -0.158. The van der Waals surface area contributed by atoms with Gasteiger partial charge in [-0.15, -0.1) is 0 Å². The number of nitrogens with zero attached hydrogens (tertiary/aromatic N) is 2. The highest BCUT2D eigenvalue weighted by molar-refractivity contribution is 5.97. The number of carbonyl (C=O) groups excluding carboxylic acids is 2. The molecule has 2 aromatic carbocycles. The van der Waals surface area contributed by atoms with E-state index in [1.165, 1.54) is 0 Å². The lowest BCUT2D eigenvalue weighted by Gasteiger charge is -2.47. The molecule has 0 radical (unpaired) electrons. The Hall–Kier alpha value is -3.68.